The first-order valence-corrected chi connectivity index (χ1v) is 9.72. The molecule has 27 heavy (non-hydrogen) atoms. The zero-order valence-corrected chi connectivity index (χ0v) is 15.9. The lowest BCUT2D eigenvalue weighted by atomic mass is 10.0. The molecule has 6 nitrogen and oxygen atoms in total. The monoisotopic (exact) mass is 368 g/mol. The molecule has 6 heteroatoms. The van der Waals surface area contributed by atoms with Crippen molar-refractivity contribution >= 4 is 5.91 Å². The highest BCUT2D eigenvalue weighted by Crippen LogP contribution is 2.23. The highest BCUT2D eigenvalue weighted by atomic mass is 16.1. The number of carbonyl (C=O) groups is 1. The van der Waals surface area contributed by atoms with Crippen LogP contribution in [0, 0.1) is 6.92 Å². The minimum absolute atomic E-state index is 0.0314. The summed E-state index contributed by atoms with van der Waals surface area (Å²) in [4.78, 5) is 31.0. The molecule has 1 saturated heterocycles. The minimum Gasteiger partial charge on any atom is -0.354 e. The molecule has 1 aliphatic heterocycles. The van der Waals surface area contributed by atoms with E-state index in [2.05, 4.69) is 21.3 Å². The molecular weight excluding hydrogens is 340 g/mol. The van der Waals surface area contributed by atoms with Gasteiger partial charge in [-0.2, -0.15) is 0 Å². The topological polar surface area (TPSA) is 67.2 Å². The fourth-order valence-electron chi connectivity index (χ4n) is 3.68. The van der Waals surface area contributed by atoms with E-state index in [4.69, 9.17) is 0 Å². The number of hydrogen-bond donors (Lipinski definition) is 1. The van der Waals surface area contributed by atoms with E-state index in [-0.39, 0.29) is 17.5 Å². The number of amides is 1. The molecular formula is C21H28N4O2. The van der Waals surface area contributed by atoms with Gasteiger partial charge in [0.2, 0.25) is 5.91 Å². The van der Waals surface area contributed by atoms with Gasteiger partial charge in [-0.1, -0.05) is 18.6 Å². The largest absolute Gasteiger partial charge is 0.354 e. The molecule has 0 saturated carbocycles. The van der Waals surface area contributed by atoms with Crippen molar-refractivity contribution in [3.05, 3.63) is 64.3 Å². The highest BCUT2D eigenvalue weighted by molar-refractivity contribution is 5.75. The van der Waals surface area contributed by atoms with Crippen molar-refractivity contribution in [1.29, 1.82) is 0 Å². The summed E-state index contributed by atoms with van der Waals surface area (Å²) >= 11 is 0. The van der Waals surface area contributed by atoms with Gasteiger partial charge in [0.05, 0.1) is 6.04 Å². The van der Waals surface area contributed by atoms with Crippen LogP contribution in [0.4, 0.5) is 0 Å². The molecule has 1 fully saturated rings. The maximum Gasteiger partial charge on any atom is 0.250 e. The van der Waals surface area contributed by atoms with Crippen LogP contribution < -0.4 is 10.9 Å². The zero-order chi connectivity index (χ0) is 19.1. The number of nitrogens with one attached hydrogen (secondary N) is 1. The minimum atomic E-state index is -0.0654. The number of piperidine rings is 1. The molecule has 0 radical (unpaired) electrons. The molecule has 1 amide bonds. The zero-order valence-electron chi connectivity index (χ0n) is 15.9. The summed E-state index contributed by atoms with van der Waals surface area (Å²) in [5.74, 6) is -0.0314. The first-order chi connectivity index (χ1) is 13.1. The first kappa shape index (κ1) is 19.3. The third-order valence-corrected chi connectivity index (χ3v) is 5.22. The number of hydrogen-bond acceptors (Lipinski definition) is 4. The van der Waals surface area contributed by atoms with E-state index in [1.54, 1.807) is 16.8 Å². The van der Waals surface area contributed by atoms with Crippen LogP contribution in [0.1, 0.15) is 43.0 Å². The number of carbonyl (C=O) groups excluding carboxylic acids is 1. The third-order valence-electron chi connectivity index (χ3n) is 5.22. The third kappa shape index (κ3) is 5.26. The Morgan fingerprint density at radius 1 is 1.19 bits per heavy atom. The predicted octanol–water partition coefficient (Wildman–Crippen LogP) is 2.29. The van der Waals surface area contributed by atoms with Crippen LogP contribution in [0.5, 0.6) is 0 Å². The second-order valence-corrected chi connectivity index (χ2v) is 7.11. The summed E-state index contributed by atoms with van der Waals surface area (Å²) in [7, 11) is 0. The Kier molecular flexibility index (Phi) is 6.76. The first-order valence-electron chi connectivity index (χ1n) is 9.72. The molecule has 3 rings (SSSR count). The standard InChI is InChI=1S/C21H28N4O2/c1-17-7-5-9-21(27)25(17)14-10-20(26)23-16-19(18-8-6-11-22-15-18)24-12-3-2-4-13-24/h5-9,11,15,19H,2-4,10,12-14,16H2,1H3,(H,23,26). The van der Waals surface area contributed by atoms with E-state index in [1.165, 1.54) is 25.3 Å². The fourth-order valence-corrected chi connectivity index (χ4v) is 3.68. The fraction of sp³-hybridized carbons (Fsp3) is 0.476. The smallest absolute Gasteiger partial charge is 0.250 e. The van der Waals surface area contributed by atoms with E-state index in [1.807, 2.05) is 25.3 Å². The van der Waals surface area contributed by atoms with Crippen LogP contribution in [0.25, 0.3) is 0 Å². The number of aromatic nitrogens is 2. The number of aryl methyl sites for hydroxylation is 1. The molecule has 1 aliphatic rings. The van der Waals surface area contributed by atoms with Gasteiger partial charge < -0.3 is 9.88 Å². The van der Waals surface area contributed by atoms with Crippen molar-refractivity contribution in [2.45, 2.75) is 45.2 Å². The molecule has 2 aromatic heterocycles. The van der Waals surface area contributed by atoms with Crippen molar-refractivity contribution in [3.63, 3.8) is 0 Å². The van der Waals surface area contributed by atoms with Crippen LogP contribution in [0.15, 0.2) is 47.5 Å². The van der Waals surface area contributed by atoms with Gasteiger partial charge in [0.25, 0.3) is 5.56 Å². The summed E-state index contributed by atoms with van der Waals surface area (Å²) in [5, 5.41) is 3.06. The molecule has 0 spiro atoms. The average Bonchev–Trinajstić information content (AvgIpc) is 2.69. The molecule has 3 heterocycles. The van der Waals surface area contributed by atoms with Gasteiger partial charge >= 0.3 is 0 Å². The number of likely N-dealkylation sites (tertiary alicyclic amines) is 1. The second-order valence-electron chi connectivity index (χ2n) is 7.11. The molecule has 0 aliphatic carbocycles. The van der Waals surface area contributed by atoms with Gasteiger partial charge in [-0.05, 0) is 50.6 Å². The Bertz CT molecular complexity index is 797. The Hall–Kier alpha value is -2.47. The highest BCUT2D eigenvalue weighted by Gasteiger charge is 2.23. The Labute approximate surface area is 160 Å². The van der Waals surface area contributed by atoms with Gasteiger partial charge in [-0.15, -0.1) is 0 Å². The lowest BCUT2D eigenvalue weighted by Crippen LogP contribution is -2.41. The second kappa shape index (κ2) is 9.46. The Balaban J connectivity index is 1.59. The number of pyridine rings is 2. The molecule has 1 atom stereocenters. The van der Waals surface area contributed by atoms with Gasteiger partial charge in [0.1, 0.15) is 0 Å². The summed E-state index contributed by atoms with van der Waals surface area (Å²) < 4.78 is 1.64. The summed E-state index contributed by atoms with van der Waals surface area (Å²) in [6.45, 7) is 4.95. The maximum absolute atomic E-state index is 12.4. The van der Waals surface area contributed by atoms with Gasteiger partial charge in [0.15, 0.2) is 0 Å². The quantitative estimate of drug-likeness (QED) is 0.814. The molecule has 0 bridgehead atoms. The predicted molar refractivity (Wildman–Crippen MR) is 105 cm³/mol. The summed E-state index contributed by atoms with van der Waals surface area (Å²) in [5.41, 5.74) is 1.94. The van der Waals surface area contributed by atoms with Gasteiger partial charge in [0, 0.05) is 43.7 Å². The number of rotatable bonds is 7. The van der Waals surface area contributed by atoms with Crippen LogP contribution in [0.3, 0.4) is 0 Å². The summed E-state index contributed by atoms with van der Waals surface area (Å²) in [6.07, 6.45) is 7.62. The molecule has 0 aromatic carbocycles. The van der Waals surface area contributed by atoms with Crippen molar-refractivity contribution < 1.29 is 4.79 Å². The van der Waals surface area contributed by atoms with Crippen LogP contribution in [-0.2, 0) is 11.3 Å². The van der Waals surface area contributed by atoms with Gasteiger partial charge in [-0.25, -0.2) is 0 Å². The van der Waals surface area contributed by atoms with Crippen LogP contribution in [0.2, 0.25) is 0 Å². The summed E-state index contributed by atoms with van der Waals surface area (Å²) in [6, 6.07) is 9.31. The SMILES string of the molecule is Cc1cccc(=O)n1CCC(=O)NCC(c1cccnc1)N1CCCCC1. The van der Waals surface area contributed by atoms with E-state index < -0.39 is 0 Å². The van der Waals surface area contributed by atoms with Gasteiger partial charge in [-0.3, -0.25) is 19.5 Å². The molecule has 2 aromatic rings. The van der Waals surface area contributed by atoms with E-state index in [0.29, 0.717) is 19.5 Å². The average molecular weight is 368 g/mol. The molecule has 1 unspecified atom stereocenters. The maximum atomic E-state index is 12.4. The number of nitrogens with zero attached hydrogens (tertiary/aromatic N) is 3. The van der Waals surface area contributed by atoms with Crippen LogP contribution in [-0.4, -0.2) is 40.0 Å². The van der Waals surface area contributed by atoms with Crippen molar-refractivity contribution in [2.24, 2.45) is 0 Å². The normalized spacial score (nSPS) is 16.0. The lowest BCUT2D eigenvalue weighted by Gasteiger charge is -2.34. The van der Waals surface area contributed by atoms with Crippen molar-refractivity contribution in [1.82, 2.24) is 19.8 Å². The lowest BCUT2D eigenvalue weighted by molar-refractivity contribution is -0.121. The van der Waals surface area contributed by atoms with E-state index >= 15 is 0 Å². The molecule has 1 N–H and O–H groups in total. The Morgan fingerprint density at radius 2 is 2.00 bits per heavy atom. The van der Waals surface area contributed by atoms with E-state index in [9.17, 15) is 9.59 Å². The van der Waals surface area contributed by atoms with Crippen molar-refractivity contribution in [3.8, 4) is 0 Å². The van der Waals surface area contributed by atoms with Crippen molar-refractivity contribution in [2.75, 3.05) is 19.6 Å². The van der Waals surface area contributed by atoms with E-state index in [0.717, 1.165) is 24.3 Å². The molecule has 144 valence electrons. The Morgan fingerprint density at radius 3 is 2.70 bits per heavy atom. The van der Waals surface area contributed by atoms with Crippen LogP contribution >= 0.6 is 0 Å².